The molecule has 0 unspecified atom stereocenters. The SMILES string of the molecule is COc1cccc([C@H](CNC(=O)C=Cc2ccccc2)OC(=O)C=Cc2ccccc2)c1. The first-order valence-electron chi connectivity index (χ1n) is 10.2. The lowest BCUT2D eigenvalue weighted by Gasteiger charge is -2.18. The normalized spacial score (nSPS) is 11.9. The second-order valence-electron chi connectivity index (χ2n) is 6.94. The average molecular weight is 428 g/mol. The summed E-state index contributed by atoms with van der Waals surface area (Å²) in [5, 5.41) is 2.80. The van der Waals surface area contributed by atoms with Crippen molar-refractivity contribution in [3.8, 4) is 5.75 Å². The van der Waals surface area contributed by atoms with Crippen LogP contribution in [0.2, 0.25) is 0 Å². The number of carbonyl (C=O) groups excluding carboxylic acids is 2. The highest BCUT2D eigenvalue weighted by Crippen LogP contribution is 2.22. The molecule has 0 aliphatic heterocycles. The Kier molecular flexibility index (Phi) is 8.40. The molecule has 0 fully saturated rings. The molecule has 3 aromatic carbocycles. The summed E-state index contributed by atoms with van der Waals surface area (Å²) in [6.45, 7) is 0.121. The Labute approximate surface area is 188 Å². The number of benzene rings is 3. The first-order valence-corrected chi connectivity index (χ1v) is 10.2. The lowest BCUT2D eigenvalue weighted by molar-refractivity contribution is -0.143. The molecule has 1 amide bonds. The van der Waals surface area contributed by atoms with E-state index in [1.807, 2.05) is 72.8 Å². The molecule has 5 heteroatoms. The second kappa shape index (κ2) is 11.9. The van der Waals surface area contributed by atoms with E-state index >= 15 is 0 Å². The van der Waals surface area contributed by atoms with Crippen LogP contribution in [-0.4, -0.2) is 25.5 Å². The first kappa shape index (κ1) is 22.6. The van der Waals surface area contributed by atoms with Gasteiger partial charge in [0.15, 0.2) is 0 Å². The van der Waals surface area contributed by atoms with Crippen LogP contribution >= 0.6 is 0 Å². The van der Waals surface area contributed by atoms with E-state index in [4.69, 9.17) is 9.47 Å². The number of rotatable bonds is 9. The molecule has 0 saturated heterocycles. The number of esters is 1. The van der Waals surface area contributed by atoms with Gasteiger partial charge in [0.25, 0.3) is 0 Å². The highest BCUT2D eigenvalue weighted by Gasteiger charge is 2.17. The molecule has 3 aromatic rings. The molecule has 32 heavy (non-hydrogen) atoms. The van der Waals surface area contributed by atoms with Crippen molar-refractivity contribution in [1.82, 2.24) is 5.32 Å². The van der Waals surface area contributed by atoms with Gasteiger partial charge in [0.1, 0.15) is 11.9 Å². The fourth-order valence-electron chi connectivity index (χ4n) is 2.97. The third kappa shape index (κ3) is 7.29. The van der Waals surface area contributed by atoms with Crippen LogP contribution in [0.5, 0.6) is 5.75 Å². The molecule has 1 N–H and O–H groups in total. The highest BCUT2D eigenvalue weighted by atomic mass is 16.5. The molecule has 0 saturated carbocycles. The monoisotopic (exact) mass is 427 g/mol. The highest BCUT2D eigenvalue weighted by molar-refractivity contribution is 5.91. The Balaban J connectivity index is 1.67. The van der Waals surface area contributed by atoms with Gasteiger partial charge < -0.3 is 14.8 Å². The number of ether oxygens (including phenoxy) is 2. The van der Waals surface area contributed by atoms with Crippen molar-refractivity contribution in [3.63, 3.8) is 0 Å². The summed E-state index contributed by atoms with van der Waals surface area (Å²) >= 11 is 0. The summed E-state index contributed by atoms with van der Waals surface area (Å²) < 4.78 is 10.9. The van der Waals surface area contributed by atoms with Crippen LogP contribution < -0.4 is 10.1 Å². The zero-order valence-electron chi connectivity index (χ0n) is 17.8. The van der Waals surface area contributed by atoms with Gasteiger partial charge in [-0.3, -0.25) is 4.79 Å². The Bertz CT molecular complexity index is 1080. The molecule has 1 atom stereocenters. The minimum absolute atomic E-state index is 0.121. The van der Waals surface area contributed by atoms with Gasteiger partial charge >= 0.3 is 5.97 Å². The standard InChI is InChI=1S/C27H25NO4/c1-31-24-14-8-13-23(19-24)25(32-27(30)18-16-22-11-6-3-7-12-22)20-28-26(29)17-15-21-9-4-2-5-10-21/h2-19,25H,20H2,1H3,(H,28,29)/t25-/m0/s1. The molecule has 0 radical (unpaired) electrons. The van der Waals surface area contributed by atoms with Crippen LogP contribution in [0.1, 0.15) is 22.8 Å². The number of hydrogen-bond acceptors (Lipinski definition) is 4. The van der Waals surface area contributed by atoms with Crippen LogP contribution in [0.25, 0.3) is 12.2 Å². The quantitative estimate of drug-likeness (QED) is 0.393. The summed E-state index contributed by atoms with van der Waals surface area (Å²) in [6.07, 6.45) is 5.57. The number of carbonyl (C=O) groups is 2. The average Bonchev–Trinajstić information content (AvgIpc) is 2.85. The van der Waals surface area contributed by atoms with E-state index in [0.29, 0.717) is 5.75 Å². The Hall–Kier alpha value is -4.12. The van der Waals surface area contributed by atoms with E-state index in [-0.39, 0.29) is 12.5 Å². The molecule has 162 valence electrons. The van der Waals surface area contributed by atoms with Crippen LogP contribution in [0.3, 0.4) is 0 Å². The van der Waals surface area contributed by atoms with Crippen molar-refractivity contribution in [2.75, 3.05) is 13.7 Å². The third-order valence-electron chi connectivity index (χ3n) is 4.62. The van der Waals surface area contributed by atoms with Gasteiger partial charge in [-0.25, -0.2) is 4.79 Å². The van der Waals surface area contributed by atoms with Gasteiger partial charge in [-0.2, -0.15) is 0 Å². The number of amides is 1. The van der Waals surface area contributed by atoms with Crippen molar-refractivity contribution in [2.45, 2.75) is 6.10 Å². The van der Waals surface area contributed by atoms with Crippen molar-refractivity contribution >= 4 is 24.0 Å². The topological polar surface area (TPSA) is 64.6 Å². The number of nitrogens with one attached hydrogen (secondary N) is 1. The molecule has 5 nitrogen and oxygen atoms in total. The smallest absolute Gasteiger partial charge is 0.331 e. The van der Waals surface area contributed by atoms with Gasteiger partial charge in [-0.15, -0.1) is 0 Å². The molecular weight excluding hydrogens is 402 g/mol. The van der Waals surface area contributed by atoms with Gasteiger partial charge in [0.05, 0.1) is 13.7 Å². The minimum Gasteiger partial charge on any atom is -0.497 e. The summed E-state index contributed by atoms with van der Waals surface area (Å²) in [7, 11) is 1.57. The van der Waals surface area contributed by atoms with Gasteiger partial charge in [-0.1, -0.05) is 72.8 Å². The van der Waals surface area contributed by atoms with Crippen molar-refractivity contribution in [2.24, 2.45) is 0 Å². The molecule has 0 aromatic heterocycles. The minimum atomic E-state index is -0.674. The maximum absolute atomic E-state index is 12.4. The van der Waals surface area contributed by atoms with Crippen LogP contribution in [0, 0.1) is 0 Å². The van der Waals surface area contributed by atoms with E-state index in [1.165, 1.54) is 12.2 Å². The Morgan fingerprint density at radius 1 is 0.844 bits per heavy atom. The molecule has 0 spiro atoms. The zero-order chi connectivity index (χ0) is 22.6. The van der Waals surface area contributed by atoms with E-state index in [1.54, 1.807) is 31.4 Å². The van der Waals surface area contributed by atoms with E-state index in [9.17, 15) is 9.59 Å². The lowest BCUT2D eigenvalue weighted by Crippen LogP contribution is -2.29. The molecule has 0 bridgehead atoms. The summed E-state index contributed by atoms with van der Waals surface area (Å²) in [5.74, 6) is -0.146. The molecular formula is C27H25NO4. The third-order valence-corrected chi connectivity index (χ3v) is 4.62. The number of methoxy groups -OCH3 is 1. The zero-order valence-corrected chi connectivity index (χ0v) is 17.8. The molecule has 0 aliphatic carbocycles. The second-order valence-corrected chi connectivity index (χ2v) is 6.94. The van der Waals surface area contributed by atoms with Crippen LogP contribution in [-0.2, 0) is 14.3 Å². The van der Waals surface area contributed by atoms with Crippen LogP contribution in [0.4, 0.5) is 0 Å². The predicted octanol–water partition coefficient (Wildman–Crippen LogP) is 4.82. The van der Waals surface area contributed by atoms with E-state index in [0.717, 1.165) is 16.7 Å². The predicted molar refractivity (Wildman–Crippen MR) is 126 cm³/mol. The van der Waals surface area contributed by atoms with E-state index < -0.39 is 12.1 Å². The van der Waals surface area contributed by atoms with Gasteiger partial charge in [0, 0.05) is 12.2 Å². The van der Waals surface area contributed by atoms with Crippen molar-refractivity contribution < 1.29 is 19.1 Å². The van der Waals surface area contributed by atoms with Crippen molar-refractivity contribution in [1.29, 1.82) is 0 Å². The van der Waals surface area contributed by atoms with Crippen molar-refractivity contribution in [3.05, 3.63) is 114 Å². The lowest BCUT2D eigenvalue weighted by atomic mass is 10.1. The molecule has 0 aliphatic rings. The molecule has 0 heterocycles. The fourth-order valence-corrected chi connectivity index (χ4v) is 2.97. The first-order chi connectivity index (χ1) is 15.6. The largest absolute Gasteiger partial charge is 0.497 e. The number of hydrogen-bond donors (Lipinski definition) is 1. The van der Waals surface area contributed by atoms with Gasteiger partial charge in [0.2, 0.25) is 5.91 Å². The Morgan fingerprint density at radius 3 is 2.09 bits per heavy atom. The summed E-state index contributed by atoms with van der Waals surface area (Å²) in [5.41, 5.74) is 2.53. The summed E-state index contributed by atoms with van der Waals surface area (Å²) in [6, 6.07) is 26.2. The van der Waals surface area contributed by atoms with Crippen LogP contribution in [0.15, 0.2) is 97.1 Å². The summed E-state index contributed by atoms with van der Waals surface area (Å²) in [4.78, 5) is 24.7. The maximum atomic E-state index is 12.4. The maximum Gasteiger partial charge on any atom is 0.331 e. The van der Waals surface area contributed by atoms with E-state index in [2.05, 4.69) is 5.32 Å². The fraction of sp³-hybridized carbons (Fsp3) is 0.111. The molecule has 3 rings (SSSR count). The Morgan fingerprint density at radius 2 is 1.47 bits per heavy atom. The van der Waals surface area contributed by atoms with Gasteiger partial charge in [-0.05, 0) is 41.0 Å².